The Bertz CT molecular complexity index is 195. The van der Waals surface area contributed by atoms with Crippen molar-refractivity contribution in [3.63, 3.8) is 0 Å². The molecule has 1 aliphatic rings. The smallest absolute Gasteiger partial charge is 0.242 e. The number of hydrogen-bond acceptors (Lipinski definition) is 3. The molecule has 1 rings (SSSR count). The van der Waals surface area contributed by atoms with Crippen LogP contribution in [0.15, 0.2) is 0 Å². The van der Waals surface area contributed by atoms with Crippen molar-refractivity contribution in [1.29, 1.82) is 0 Å². The summed E-state index contributed by atoms with van der Waals surface area (Å²) in [6.07, 6.45) is 0.731. The van der Waals surface area contributed by atoms with Crippen molar-refractivity contribution in [2.45, 2.75) is 12.1 Å². The third kappa shape index (κ3) is 1.57. The standard InChI is InChI=1S/C6H11N2O2P/c7-3-5(9)8-2-1-4(11)6(8)10/h4H,1-3,7,11H2. The lowest BCUT2D eigenvalue weighted by Crippen LogP contribution is -2.38. The van der Waals surface area contributed by atoms with E-state index < -0.39 is 0 Å². The van der Waals surface area contributed by atoms with Gasteiger partial charge < -0.3 is 5.73 Å². The number of imide groups is 1. The van der Waals surface area contributed by atoms with E-state index in [-0.39, 0.29) is 24.0 Å². The van der Waals surface area contributed by atoms with Gasteiger partial charge in [-0.15, -0.1) is 9.24 Å². The van der Waals surface area contributed by atoms with Gasteiger partial charge in [-0.2, -0.15) is 0 Å². The summed E-state index contributed by atoms with van der Waals surface area (Å²) < 4.78 is 0. The molecule has 0 aromatic heterocycles. The quantitative estimate of drug-likeness (QED) is 0.516. The molecule has 4 nitrogen and oxygen atoms in total. The fourth-order valence-electron chi connectivity index (χ4n) is 1.06. The van der Waals surface area contributed by atoms with Gasteiger partial charge in [0.15, 0.2) is 0 Å². The predicted octanol–water partition coefficient (Wildman–Crippen LogP) is -1.05. The summed E-state index contributed by atoms with van der Waals surface area (Å²) in [7, 11) is 2.42. The molecule has 0 saturated carbocycles. The fourth-order valence-corrected chi connectivity index (χ4v) is 1.39. The predicted molar refractivity (Wildman–Crippen MR) is 43.9 cm³/mol. The van der Waals surface area contributed by atoms with Gasteiger partial charge >= 0.3 is 0 Å². The summed E-state index contributed by atoms with van der Waals surface area (Å²) in [6, 6.07) is 0. The summed E-state index contributed by atoms with van der Waals surface area (Å²) in [6.45, 7) is 0.437. The van der Waals surface area contributed by atoms with E-state index >= 15 is 0 Å². The van der Waals surface area contributed by atoms with Crippen molar-refractivity contribution in [2.24, 2.45) is 5.73 Å². The molecule has 2 N–H and O–H groups in total. The second-order valence-electron chi connectivity index (χ2n) is 2.48. The topological polar surface area (TPSA) is 63.4 Å². The summed E-state index contributed by atoms with van der Waals surface area (Å²) in [5, 5.41) is 0. The van der Waals surface area contributed by atoms with Gasteiger partial charge in [0, 0.05) is 6.54 Å². The van der Waals surface area contributed by atoms with Gasteiger partial charge in [-0.1, -0.05) is 0 Å². The molecular weight excluding hydrogens is 163 g/mol. The highest BCUT2D eigenvalue weighted by Gasteiger charge is 2.31. The SMILES string of the molecule is NCC(=O)N1CCC(P)C1=O. The van der Waals surface area contributed by atoms with E-state index in [9.17, 15) is 9.59 Å². The molecule has 0 bridgehead atoms. The first-order valence-electron chi connectivity index (χ1n) is 3.46. The van der Waals surface area contributed by atoms with Crippen molar-refractivity contribution in [2.75, 3.05) is 13.1 Å². The first kappa shape index (κ1) is 8.62. The second-order valence-corrected chi connectivity index (χ2v) is 3.29. The highest BCUT2D eigenvalue weighted by molar-refractivity contribution is 7.19. The molecule has 2 unspecified atom stereocenters. The summed E-state index contributed by atoms with van der Waals surface area (Å²) in [5.41, 5.74) is 5.02. The van der Waals surface area contributed by atoms with E-state index in [4.69, 9.17) is 5.73 Å². The Hall–Kier alpha value is -0.470. The number of hydrogen-bond donors (Lipinski definition) is 1. The Morgan fingerprint density at radius 3 is 2.82 bits per heavy atom. The maximum Gasteiger partial charge on any atom is 0.242 e. The minimum absolute atomic E-state index is 0.0802. The Balaban J connectivity index is 2.62. The number of nitrogens with two attached hydrogens (primary N) is 1. The summed E-state index contributed by atoms with van der Waals surface area (Å²) in [4.78, 5) is 23.3. The molecule has 0 aliphatic carbocycles. The van der Waals surface area contributed by atoms with Crippen LogP contribution in [0.1, 0.15) is 6.42 Å². The average Bonchev–Trinajstić information content (AvgIpc) is 2.32. The van der Waals surface area contributed by atoms with Crippen LogP contribution in [0, 0.1) is 0 Å². The Morgan fingerprint density at radius 1 is 1.82 bits per heavy atom. The molecule has 2 amide bonds. The lowest BCUT2D eigenvalue weighted by atomic mass is 10.4. The zero-order valence-corrected chi connectivity index (χ0v) is 7.27. The van der Waals surface area contributed by atoms with Crippen molar-refractivity contribution in [3.05, 3.63) is 0 Å². The molecule has 1 fully saturated rings. The molecule has 0 aromatic carbocycles. The maximum atomic E-state index is 11.1. The molecule has 1 aliphatic heterocycles. The zero-order chi connectivity index (χ0) is 8.43. The molecule has 0 spiro atoms. The molecule has 1 heterocycles. The van der Waals surface area contributed by atoms with Gasteiger partial charge in [0.1, 0.15) is 0 Å². The molecule has 62 valence electrons. The van der Waals surface area contributed by atoms with Crippen molar-refractivity contribution in [1.82, 2.24) is 4.90 Å². The van der Waals surface area contributed by atoms with Gasteiger partial charge in [0.2, 0.25) is 11.8 Å². The van der Waals surface area contributed by atoms with Gasteiger partial charge in [0.05, 0.1) is 12.2 Å². The first-order chi connectivity index (χ1) is 5.16. The number of likely N-dealkylation sites (tertiary alicyclic amines) is 1. The summed E-state index contributed by atoms with van der Waals surface area (Å²) in [5.74, 6) is -0.398. The van der Waals surface area contributed by atoms with Gasteiger partial charge in [-0.05, 0) is 6.42 Å². The maximum absolute atomic E-state index is 11.1. The van der Waals surface area contributed by atoms with Crippen LogP contribution in [0.3, 0.4) is 0 Å². The summed E-state index contributed by atoms with van der Waals surface area (Å²) >= 11 is 0. The van der Waals surface area contributed by atoms with Crippen LogP contribution in [-0.2, 0) is 9.59 Å². The van der Waals surface area contributed by atoms with Crippen LogP contribution in [0.4, 0.5) is 0 Å². The lowest BCUT2D eigenvalue weighted by molar-refractivity contribution is -0.140. The Kier molecular flexibility index (Phi) is 2.58. The van der Waals surface area contributed by atoms with E-state index in [1.807, 2.05) is 0 Å². The molecule has 2 atom stereocenters. The first-order valence-corrected chi connectivity index (χ1v) is 4.13. The van der Waals surface area contributed by atoms with Crippen LogP contribution in [0.2, 0.25) is 0 Å². The van der Waals surface area contributed by atoms with E-state index in [0.717, 1.165) is 6.42 Å². The van der Waals surface area contributed by atoms with Crippen molar-refractivity contribution in [3.8, 4) is 0 Å². The molecule has 5 heteroatoms. The van der Waals surface area contributed by atoms with Crippen LogP contribution < -0.4 is 5.73 Å². The van der Waals surface area contributed by atoms with Crippen LogP contribution in [-0.4, -0.2) is 35.5 Å². The van der Waals surface area contributed by atoms with E-state index in [0.29, 0.717) is 6.54 Å². The number of nitrogens with zero attached hydrogens (tertiary/aromatic N) is 1. The highest BCUT2D eigenvalue weighted by Crippen LogP contribution is 2.17. The normalized spacial score (nSPS) is 24.4. The van der Waals surface area contributed by atoms with Crippen molar-refractivity contribution < 1.29 is 9.59 Å². The number of carbonyl (C=O) groups excluding carboxylic acids is 2. The Morgan fingerprint density at radius 2 is 2.45 bits per heavy atom. The third-order valence-corrected chi connectivity index (χ3v) is 2.34. The lowest BCUT2D eigenvalue weighted by Gasteiger charge is -2.11. The van der Waals surface area contributed by atoms with E-state index in [1.165, 1.54) is 4.90 Å². The van der Waals surface area contributed by atoms with E-state index in [2.05, 4.69) is 9.24 Å². The monoisotopic (exact) mass is 174 g/mol. The molecule has 1 saturated heterocycles. The number of rotatable bonds is 1. The minimum Gasteiger partial charge on any atom is -0.322 e. The second kappa shape index (κ2) is 3.28. The van der Waals surface area contributed by atoms with Crippen LogP contribution >= 0.6 is 9.24 Å². The average molecular weight is 174 g/mol. The van der Waals surface area contributed by atoms with Gasteiger partial charge in [0.25, 0.3) is 0 Å². The molecule has 0 radical (unpaired) electrons. The van der Waals surface area contributed by atoms with Crippen LogP contribution in [0.5, 0.6) is 0 Å². The molecular formula is C6H11N2O2P. The zero-order valence-electron chi connectivity index (χ0n) is 6.12. The third-order valence-electron chi connectivity index (χ3n) is 1.72. The van der Waals surface area contributed by atoms with E-state index in [1.54, 1.807) is 0 Å². The van der Waals surface area contributed by atoms with Gasteiger partial charge in [-0.25, -0.2) is 0 Å². The fraction of sp³-hybridized carbons (Fsp3) is 0.667. The van der Waals surface area contributed by atoms with Crippen molar-refractivity contribution >= 4 is 21.1 Å². The Labute approximate surface area is 67.3 Å². The number of amides is 2. The number of carbonyl (C=O) groups is 2. The largest absolute Gasteiger partial charge is 0.322 e. The highest BCUT2D eigenvalue weighted by atomic mass is 31.0. The molecule has 0 aromatic rings. The van der Waals surface area contributed by atoms with Gasteiger partial charge in [-0.3, -0.25) is 14.5 Å². The van der Waals surface area contributed by atoms with Crippen LogP contribution in [0.25, 0.3) is 0 Å². The minimum atomic E-state index is -0.278. The molecule has 11 heavy (non-hydrogen) atoms.